The maximum Gasteiger partial charge on any atom is 0.241 e. The van der Waals surface area contributed by atoms with Gasteiger partial charge in [0.15, 0.2) is 0 Å². The van der Waals surface area contributed by atoms with Crippen molar-refractivity contribution in [3.8, 4) is 0 Å². The van der Waals surface area contributed by atoms with E-state index in [1.807, 2.05) is 25.1 Å². The molecule has 7 heteroatoms. The summed E-state index contributed by atoms with van der Waals surface area (Å²) in [5.41, 5.74) is 1.44. The summed E-state index contributed by atoms with van der Waals surface area (Å²) in [5, 5.41) is 0. The Labute approximate surface area is 141 Å². The van der Waals surface area contributed by atoms with Crippen LogP contribution < -0.4 is 4.72 Å². The summed E-state index contributed by atoms with van der Waals surface area (Å²) in [4.78, 5) is 18.9. The van der Waals surface area contributed by atoms with Crippen LogP contribution in [0.2, 0.25) is 0 Å². The normalized spacial score (nSPS) is 18.6. The minimum absolute atomic E-state index is 0.235. The molecule has 1 aromatic heterocycles. The van der Waals surface area contributed by atoms with Crippen LogP contribution in [0.5, 0.6) is 0 Å². The Kier molecular flexibility index (Phi) is 4.64. The number of carbonyl (C=O) groups excluding carboxylic acids is 1. The quantitative estimate of drug-likeness (QED) is 0.907. The molecule has 0 aliphatic carbocycles. The van der Waals surface area contributed by atoms with Gasteiger partial charge in [0.25, 0.3) is 0 Å². The van der Waals surface area contributed by atoms with Gasteiger partial charge >= 0.3 is 0 Å². The van der Waals surface area contributed by atoms with Crippen LogP contribution in [0.3, 0.4) is 0 Å². The molecule has 0 spiro atoms. The molecule has 2 heterocycles. The van der Waals surface area contributed by atoms with Crippen molar-refractivity contribution in [1.82, 2.24) is 14.6 Å². The third-order valence-corrected chi connectivity index (χ3v) is 5.63. The third kappa shape index (κ3) is 3.32. The Morgan fingerprint density at radius 3 is 2.71 bits per heavy atom. The molecule has 0 radical (unpaired) electrons. The topological polar surface area (TPSA) is 79.4 Å². The van der Waals surface area contributed by atoms with E-state index in [-0.39, 0.29) is 10.8 Å². The number of benzene rings is 1. The predicted octanol–water partition coefficient (Wildman–Crippen LogP) is 1.33. The molecule has 0 saturated heterocycles. The fraction of sp³-hybridized carbons (Fsp3) is 0.294. The van der Waals surface area contributed by atoms with E-state index in [9.17, 15) is 13.2 Å². The molecule has 1 aliphatic heterocycles. The van der Waals surface area contributed by atoms with Gasteiger partial charge in [-0.2, -0.15) is 4.72 Å². The molecule has 1 aromatic carbocycles. The fourth-order valence-electron chi connectivity index (χ4n) is 2.84. The zero-order valence-corrected chi connectivity index (χ0v) is 14.2. The van der Waals surface area contributed by atoms with E-state index in [0.717, 1.165) is 5.69 Å². The van der Waals surface area contributed by atoms with Crippen LogP contribution in [-0.2, 0) is 27.8 Å². The van der Waals surface area contributed by atoms with Crippen molar-refractivity contribution in [3.05, 3.63) is 59.9 Å². The lowest BCUT2D eigenvalue weighted by molar-refractivity contribution is -0.133. The Hall–Kier alpha value is -2.25. The summed E-state index contributed by atoms with van der Waals surface area (Å²) < 4.78 is 27.2. The highest BCUT2D eigenvalue weighted by atomic mass is 32.2. The number of hydrogen-bond donors (Lipinski definition) is 1. The van der Waals surface area contributed by atoms with E-state index in [4.69, 9.17) is 0 Å². The van der Waals surface area contributed by atoms with E-state index >= 15 is 0 Å². The molecule has 6 nitrogen and oxygen atoms in total. The molecule has 0 unspecified atom stereocenters. The maximum atomic E-state index is 12.8. The van der Waals surface area contributed by atoms with Crippen molar-refractivity contribution in [2.24, 2.45) is 0 Å². The molecule has 1 atom stereocenters. The number of amides is 1. The molecule has 0 bridgehead atoms. The number of aromatic nitrogens is 1. The zero-order chi connectivity index (χ0) is 17.2. The lowest BCUT2D eigenvalue weighted by Gasteiger charge is -2.30. The molecule has 1 amide bonds. The average molecular weight is 345 g/mol. The number of pyridine rings is 1. The number of sulfonamides is 1. The number of nitrogens with zero attached hydrogens (tertiary/aromatic N) is 2. The number of fused-ring (bicyclic) bond motifs is 1. The molecule has 0 fully saturated rings. The van der Waals surface area contributed by atoms with Gasteiger partial charge in [-0.25, -0.2) is 8.42 Å². The van der Waals surface area contributed by atoms with Crippen molar-refractivity contribution >= 4 is 15.9 Å². The van der Waals surface area contributed by atoms with Crippen LogP contribution >= 0.6 is 0 Å². The van der Waals surface area contributed by atoms with Crippen molar-refractivity contribution in [3.63, 3.8) is 0 Å². The van der Waals surface area contributed by atoms with Gasteiger partial charge in [0.2, 0.25) is 15.9 Å². The van der Waals surface area contributed by atoms with Crippen LogP contribution in [0.1, 0.15) is 18.2 Å². The van der Waals surface area contributed by atoms with Gasteiger partial charge in [0.05, 0.1) is 17.1 Å². The molecule has 1 aliphatic rings. The fourth-order valence-corrected chi connectivity index (χ4v) is 4.28. The van der Waals surface area contributed by atoms with Gasteiger partial charge in [-0.05, 0) is 37.1 Å². The van der Waals surface area contributed by atoms with Crippen molar-refractivity contribution in [2.75, 3.05) is 6.54 Å². The minimum Gasteiger partial charge on any atom is -0.336 e. The van der Waals surface area contributed by atoms with E-state index in [2.05, 4.69) is 9.71 Å². The lowest BCUT2D eigenvalue weighted by atomic mass is 10.0. The van der Waals surface area contributed by atoms with Gasteiger partial charge in [0, 0.05) is 12.7 Å². The van der Waals surface area contributed by atoms with E-state index in [1.165, 1.54) is 0 Å². The maximum absolute atomic E-state index is 12.8. The summed E-state index contributed by atoms with van der Waals surface area (Å²) in [5.74, 6) is -0.235. The number of likely N-dealkylation sites (N-methyl/N-ethyl adjacent to an activating group) is 1. The van der Waals surface area contributed by atoms with E-state index in [1.54, 1.807) is 35.4 Å². The van der Waals surface area contributed by atoms with Crippen molar-refractivity contribution < 1.29 is 13.2 Å². The summed E-state index contributed by atoms with van der Waals surface area (Å²) in [6, 6.07) is 11.5. The first-order valence-electron chi connectivity index (χ1n) is 7.80. The molecule has 2 aromatic rings. The highest BCUT2D eigenvalue weighted by molar-refractivity contribution is 7.89. The third-order valence-electron chi connectivity index (χ3n) is 4.05. The molecule has 0 saturated carbocycles. The Morgan fingerprint density at radius 2 is 2.00 bits per heavy atom. The van der Waals surface area contributed by atoms with Gasteiger partial charge < -0.3 is 4.90 Å². The Morgan fingerprint density at radius 1 is 1.25 bits per heavy atom. The summed E-state index contributed by atoms with van der Waals surface area (Å²) in [6.07, 6.45) is 2.03. The smallest absolute Gasteiger partial charge is 0.241 e. The van der Waals surface area contributed by atoms with Gasteiger partial charge in [-0.3, -0.25) is 9.78 Å². The minimum atomic E-state index is -3.66. The van der Waals surface area contributed by atoms with Crippen LogP contribution in [0.15, 0.2) is 53.6 Å². The number of nitrogens with one attached hydrogen (secondary N) is 1. The van der Waals surface area contributed by atoms with Gasteiger partial charge in [-0.15, -0.1) is 0 Å². The molecule has 1 N–H and O–H groups in total. The second-order valence-electron chi connectivity index (χ2n) is 5.66. The standard InChI is InChI=1S/C17H19N3O3S/c1-2-20(12-14-8-5-6-10-18-14)17(21)15-11-13-7-3-4-9-16(13)24(22,23)19-15/h3-10,15,19H,2,11-12H2,1H3/t15-/m1/s1. The first-order valence-corrected chi connectivity index (χ1v) is 9.28. The number of carbonyl (C=O) groups is 1. The molecular formula is C17H19N3O3S. The molecule has 3 rings (SSSR count). The van der Waals surface area contributed by atoms with Crippen LogP contribution in [-0.4, -0.2) is 36.8 Å². The van der Waals surface area contributed by atoms with E-state index in [0.29, 0.717) is 25.1 Å². The molecular weight excluding hydrogens is 326 g/mol. The Bertz CT molecular complexity index is 837. The summed E-state index contributed by atoms with van der Waals surface area (Å²) in [6.45, 7) is 2.71. The monoisotopic (exact) mass is 345 g/mol. The van der Waals surface area contributed by atoms with Crippen LogP contribution in [0, 0.1) is 0 Å². The van der Waals surface area contributed by atoms with Crippen LogP contribution in [0.25, 0.3) is 0 Å². The first kappa shape index (κ1) is 16.6. The molecule has 126 valence electrons. The average Bonchev–Trinajstić information content (AvgIpc) is 2.59. The zero-order valence-electron chi connectivity index (χ0n) is 13.3. The van der Waals surface area contributed by atoms with E-state index < -0.39 is 16.1 Å². The Balaban J connectivity index is 1.82. The second kappa shape index (κ2) is 6.70. The highest BCUT2D eigenvalue weighted by Crippen LogP contribution is 2.23. The largest absolute Gasteiger partial charge is 0.336 e. The summed E-state index contributed by atoms with van der Waals surface area (Å²) in [7, 11) is -3.66. The highest BCUT2D eigenvalue weighted by Gasteiger charge is 2.35. The van der Waals surface area contributed by atoms with Gasteiger partial charge in [-0.1, -0.05) is 24.3 Å². The van der Waals surface area contributed by atoms with Gasteiger partial charge in [0.1, 0.15) is 6.04 Å². The second-order valence-corrected chi connectivity index (χ2v) is 7.34. The number of rotatable bonds is 4. The summed E-state index contributed by atoms with van der Waals surface area (Å²) >= 11 is 0. The van der Waals surface area contributed by atoms with Crippen molar-refractivity contribution in [1.29, 1.82) is 0 Å². The predicted molar refractivity (Wildman–Crippen MR) is 89.6 cm³/mol. The number of hydrogen-bond acceptors (Lipinski definition) is 4. The van der Waals surface area contributed by atoms with Crippen molar-refractivity contribution in [2.45, 2.75) is 30.8 Å². The lowest BCUT2D eigenvalue weighted by Crippen LogP contribution is -2.51. The molecule has 24 heavy (non-hydrogen) atoms. The first-order chi connectivity index (χ1) is 11.5. The SMILES string of the molecule is CCN(Cc1ccccn1)C(=O)[C@H]1Cc2ccccc2S(=O)(=O)N1. The van der Waals surface area contributed by atoms with Crippen LogP contribution in [0.4, 0.5) is 0 Å².